The molecule has 0 aromatic heterocycles. The zero-order valence-electron chi connectivity index (χ0n) is 9.80. The molecule has 0 aliphatic carbocycles. The van der Waals surface area contributed by atoms with Crippen LogP contribution in [0.4, 0.5) is 0 Å². The van der Waals surface area contributed by atoms with Gasteiger partial charge in [-0.1, -0.05) is 0 Å². The summed E-state index contributed by atoms with van der Waals surface area (Å²) in [4.78, 5) is 2.59. The van der Waals surface area contributed by atoms with E-state index in [9.17, 15) is 0 Å². The Morgan fingerprint density at radius 1 is 1.07 bits per heavy atom. The van der Waals surface area contributed by atoms with Gasteiger partial charge in [-0.25, -0.2) is 0 Å². The van der Waals surface area contributed by atoms with Gasteiger partial charge >= 0.3 is 0 Å². The van der Waals surface area contributed by atoms with Crippen LogP contribution in [0.3, 0.4) is 0 Å². The number of nitrogens with zero attached hydrogens (tertiary/aromatic N) is 1. The number of hydrogen-bond acceptors (Lipinski definition) is 2. The second-order valence-electron chi connectivity index (χ2n) is 4.53. The van der Waals surface area contributed by atoms with E-state index in [2.05, 4.69) is 18.7 Å². The normalized spacial score (nSPS) is 18.2. The lowest BCUT2D eigenvalue weighted by Crippen LogP contribution is -2.20. The van der Waals surface area contributed by atoms with Crippen molar-refractivity contribution in [2.24, 2.45) is 0 Å². The summed E-state index contributed by atoms with van der Waals surface area (Å²) < 4.78 is 5.50. The Hall–Kier alpha value is -0.0800. The zero-order valence-corrected chi connectivity index (χ0v) is 9.80. The van der Waals surface area contributed by atoms with Crippen molar-refractivity contribution in [1.82, 2.24) is 4.90 Å². The van der Waals surface area contributed by atoms with E-state index < -0.39 is 0 Å². The van der Waals surface area contributed by atoms with Gasteiger partial charge in [0.2, 0.25) is 0 Å². The predicted molar refractivity (Wildman–Crippen MR) is 60.6 cm³/mol. The van der Waals surface area contributed by atoms with E-state index in [0.717, 1.165) is 6.61 Å². The van der Waals surface area contributed by atoms with Gasteiger partial charge in [0.25, 0.3) is 0 Å². The van der Waals surface area contributed by atoms with Crippen LogP contribution in [-0.2, 0) is 4.74 Å². The SMILES string of the molecule is CC(C)OCCCCCN1CCCC1. The molecule has 0 spiro atoms. The molecule has 0 radical (unpaired) electrons. The van der Waals surface area contributed by atoms with Crippen LogP contribution in [0.25, 0.3) is 0 Å². The smallest absolute Gasteiger partial charge is 0.0518 e. The van der Waals surface area contributed by atoms with E-state index in [4.69, 9.17) is 4.74 Å². The van der Waals surface area contributed by atoms with Gasteiger partial charge in [-0.3, -0.25) is 0 Å². The van der Waals surface area contributed by atoms with Crippen molar-refractivity contribution in [3.05, 3.63) is 0 Å². The Morgan fingerprint density at radius 3 is 2.43 bits per heavy atom. The Morgan fingerprint density at radius 2 is 1.79 bits per heavy atom. The number of ether oxygens (including phenoxy) is 1. The van der Waals surface area contributed by atoms with E-state index in [1.165, 1.54) is 51.7 Å². The third-order valence-electron chi connectivity index (χ3n) is 2.77. The first-order valence-corrected chi connectivity index (χ1v) is 6.13. The predicted octanol–water partition coefficient (Wildman–Crippen LogP) is 2.68. The molecule has 84 valence electrons. The van der Waals surface area contributed by atoms with Crippen molar-refractivity contribution in [3.63, 3.8) is 0 Å². The van der Waals surface area contributed by atoms with Crippen LogP contribution < -0.4 is 0 Å². The first-order valence-electron chi connectivity index (χ1n) is 6.13. The average molecular weight is 199 g/mol. The Bertz CT molecular complexity index is 130. The molecule has 0 atom stereocenters. The lowest BCUT2D eigenvalue weighted by atomic mass is 10.2. The highest BCUT2D eigenvalue weighted by atomic mass is 16.5. The summed E-state index contributed by atoms with van der Waals surface area (Å²) in [5.41, 5.74) is 0. The molecule has 1 fully saturated rings. The summed E-state index contributed by atoms with van der Waals surface area (Å²) in [5, 5.41) is 0. The molecule has 0 bridgehead atoms. The standard InChI is InChI=1S/C12H25NO/c1-12(2)14-11-7-3-4-8-13-9-5-6-10-13/h12H,3-11H2,1-2H3. The van der Waals surface area contributed by atoms with Gasteiger partial charge in [0, 0.05) is 6.61 Å². The minimum atomic E-state index is 0.397. The van der Waals surface area contributed by atoms with Crippen LogP contribution in [0.1, 0.15) is 46.0 Å². The molecular formula is C12H25NO. The number of rotatable bonds is 7. The van der Waals surface area contributed by atoms with Crippen molar-refractivity contribution in [1.29, 1.82) is 0 Å². The first kappa shape index (κ1) is 12.0. The minimum Gasteiger partial charge on any atom is -0.379 e. The van der Waals surface area contributed by atoms with E-state index in [0.29, 0.717) is 6.10 Å². The highest BCUT2D eigenvalue weighted by molar-refractivity contribution is 4.65. The van der Waals surface area contributed by atoms with Crippen molar-refractivity contribution < 1.29 is 4.74 Å². The average Bonchev–Trinajstić information content (AvgIpc) is 2.63. The van der Waals surface area contributed by atoms with E-state index >= 15 is 0 Å². The molecule has 1 rings (SSSR count). The number of likely N-dealkylation sites (tertiary alicyclic amines) is 1. The summed E-state index contributed by atoms with van der Waals surface area (Å²) in [5.74, 6) is 0. The van der Waals surface area contributed by atoms with Gasteiger partial charge in [0.15, 0.2) is 0 Å². The minimum absolute atomic E-state index is 0.397. The molecule has 0 amide bonds. The molecule has 0 saturated carbocycles. The number of unbranched alkanes of at least 4 members (excludes halogenated alkanes) is 2. The fourth-order valence-electron chi connectivity index (χ4n) is 1.94. The van der Waals surface area contributed by atoms with Crippen LogP contribution in [0.2, 0.25) is 0 Å². The maximum absolute atomic E-state index is 5.50. The van der Waals surface area contributed by atoms with Crippen LogP contribution in [0.15, 0.2) is 0 Å². The molecular weight excluding hydrogens is 174 g/mol. The highest BCUT2D eigenvalue weighted by Crippen LogP contribution is 2.09. The zero-order chi connectivity index (χ0) is 10.2. The molecule has 0 aromatic rings. The van der Waals surface area contributed by atoms with E-state index in [1.54, 1.807) is 0 Å². The maximum Gasteiger partial charge on any atom is 0.0518 e. The second kappa shape index (κ2) is 7.24. The summed E-state index contributed by atoms with van der Waals surface area (Å²) in [6, 6.07) is 0. The van der Waals surface area contributed by atoms with Crippen LogP contribution >= 0.6 is 0 Å². The summed E-state index contributed by atoms with van der Waals surface area (Å²) in [6.07, 6.45) is 7.12. The second-order valence-corrected chi connectivity index (χ2v) is 4.53. The van der Waals surface area contributed by atoms with Crippen LogP contribution in [-0.4, -0.2) is 37.2 Å². The third kappa shape index (κ3) is 5.61. The quantitative estimate of drug-likeness (QED) is 0.584. The molecule has 1 saturated heterocycles. The monoisotopic (exact) mass is 199 g/mol. The van der Waals surface area contributed by atoms with E-state index in [-0.39, 0.29) is 0 Å². The van der Waals surface area contributed by atoms with Gasteiger partial charge in [0.1, 0.15) is 0 Å². The van der Waals surface area contributed by atoms with Crippen molar-refractivity contribution in [3.8, 4) is 0 Å². The molecule has 1 aliphatic heterocycles. The lowest BCUT2D eigenvalue weighted by Gasteiger charge is -2.14. The summed E-state index contributed by atoms with van der Waals surface area (Å²) in [6.45, 7) is 9.12. The van der Waals surface area contributed by atoms with Crippen LogP contribution in [0.5, 0.6) is 0 Å². The fourth-order valence-corrected chi connectivity index (χ4v) is 1.94. The maximum atomic E-state index is 5.50. The Labute approximate surface area is 88.6 Å². The van der Waals surface area contributed by atoms with Gasteiger partial charge in [0.05, 0.1) is 6.10 Å². The van der Waals surface area contributed by atoms with Crippen molar-refractivity contribution in [2.45, 2.75) is 52.1 Å². The highest BCUT2D eigenvalue weighted by Gasteiger charge is 2.09. The van der Waals surface area contributed by atoms with Crippen molar-refractivity contribution in [2.75, 3.05) is 26.2 Å². The molecule has 14 heavy (non-hydrogen) atoms. The molecule has 2 heteroatoms. The van der Waals surface area contributed by atoms with Gasteiger partial charge in [-0.05, 0) is 65.6 Å². The summed E-state index contributed by atoms with van der Waals surface area (Å²) in [7, 11) is 0. The molecule has 2 nitrogen and oxygen atoms in total. The lowest BCUT2D eigenvalue weighted by molar-refractivity contribution is 0.0754. The first-order chi connectivity index (χ1) is 6.79. The Kier molecular flexibility index (Phi) is 6.20. The van der Waals surface area contributed by atoms with Gasteiger partial charge in [-0.2, -0.15) is 0 Å². The van der Waals surface area contributed by atoms with Crippen LogP contribution in [0, 0.1) is 0 Å². The van der Waals surface area contributed by atoms with Gasteiger partial charge < -0.3 is 9.64 Å². The molecule has 0 N–H and O–H groups in total. The number of hydrogen-bond donors (Lipinski definition) is 0. The third-order valence-corrected chi connectivity index (χ3v) is 2.77. The molecule has 0 unspecified atom stereocenters. The Balaban J connectivity index is 1.79. The summed E-state index contributed by atoms with van der Waals surface area (Å²) >= 11 is 0. The van der Waals surface area contributed by atoms with Gasteiger partial charge in [-0.15, -0.1) is 0 Å². The van der Waals surface area contributed by atoms with E-state index in [1.807, 2.05) is 0 Å². The largest absolute Gasteiger partial charge is 0.379 e. The molecule has 1 heterocycles. The fraction of sp³-hybridized carbons (Fsp3) is 1.00. The molecule has 1 aliphatic rings. The molecule has 0 aromatic carbocycles. The topological polar surface area (TPSA) is 12.5 Å². The van der Waals surface area contributed by atoms with Crippen molar-refractivity contribution >= 4 is 0 Å².